The summed E-state index contributed by atoms with van der Waals surface area (Å²) in [5.74, 6) is -0.978. The zero-order chi connectivity index (χ0) is 7.56. The topological polar surface area (TPSA) is 40.5 Å². The minimum Gasteiger partial charge on any atom is -0.481 e. The van der Waals surface area contributed by atoms with Crippen molar-refractivity contribution in [2.45, 2.75) is 12.8 Å². The third kappa shape index (κ3) is 1.70. The maximum atomic E-state index is 10.4. The van der Waals surface area contributed by atoms with Crippen molar-refractivity contribution in [2.75, 3.05) is 13.1 Å². The molecule has 1 saturated heterocycles. The van der Waals surface area contributed by atoms with E-state index >= 15 is 0 Å². The van der Waals surface area contributed by atoms with E-state index in [9.17, 15) is 4.79 Å². The first-order chi connectivity index (χ1) is 4.70. The van der Waals surface area contributed by atoms with Gasteiger partial charge in [-0.25, -0.2) is 0 Å². The number of aliphatic carboxylic acids is 1. The molecule has 1 atom stereocenters. The van der Waals surface area contributed by atoms with E-state index in [1.807, 2.05) is 0 Å². The minimum absolute atomic E-state index is 0.251. The van der Waals surface area contributed by atoms with Gasteiger partial charge in [-0.05, 0) is 19.4 Å². The quantitative estimate of drug-likeness (QED) is 0.576. The van der Waals surface area contributed by atoms with Crippen molar-refractivity contribution in [3.05, 3.63) is 7.05 Å². The van der Waals surface area contributed by atoms with E-state index in [2.05, 4.69) is 0 Å². The second-order valence-electron chi connectivity index (χ2n) is 2.67. The van der Waals surface area contributed by atoms with Crippen LogP contribution in [0.2, 0.25) is 0 Å². The van der Waals surface area contributed by atoms with Crippen molar-refractivity contribution in [3.63, 3.8) is 0 Å². The molecule has 0 amide bonds. The predicted molar refractivity (Wildman–Crippen MR) is 36.2 cm³/mol. The molecule has 3 nitrogen and oxygen atoms in total. The van der Waals surface area contributed by atoms with Gasteiger partial charge in [0.2, 0.25) is 0 Å². The van der Waals surface area contributed by atoms with Crippen LogP contribution in [0.4, 0.5) is 0 Å². The molecule has 0 aliphatic carbocycles. The zero-order valence-electron chi connectivity index (χ0n) is 5.79. The van der Waals surface area contributed by atoms with Gasteiger partial charge >= 0.3 is 5.97 Å². The van der Waals surface area contributed by atoms with Gasteiger partial charge in [0.05, 0.1) is 5.92 Å². The summed E-state index contributed by atoms with van der Waals surface area (Å²) in [6.45, 7) is 1.32. The minimum atomic E-state index is -0.727. The Hall–Kier alpha value is -0.570. The van der Waals surface area contributed by atoms with Gasteiger partial charge in [-0.3, -0.25) is 9.69 Å². The molecule has 1 aliphatic rings. The van der Waals surface area contributed by atoms with E-state index in [0.29, 0.717) is 6.54 Å². The smallest absolute Gasteiger partial charge is 0.307 e. The molecule has 0 spiro atoms. The molecule has 10 heavy (non-hydrogen) atoms. The van der Waals surface area contributed by atoms with E-state index < -0.39 is 5.97 Å². The monoisotopic (exact) mass is 141 g/mol. The van der Waals surface area contributed by atoms with Crippen molar-refractivity contribution in [2.24, 2.45) is 5.92 Å². The molecule has 1 heterocycles. The van der Waals surface area contributed by atoms with E-state index in [0.717, 1.165) is 19.4 Å². The second-order valence-corrected chi connectivity index (χ2v) is 2.67. The average molecular weight is 141 g/mol. The number of hydrogen-bond donors (Lipinski definition) is 1. The highest BCUT2D eigenvalue weighted by Crippen LogP contribution is 2.14. The van der Waals surface area contributed by atoms with Crippen molar-refractivity contribution < 1.29 is 9.90 Å². The molecule has 0 saturated carbocycles. The Morgan fingerprint density at radius 2 is 2.40 bits per heavy atom. The van der Waals surface area contributed by atoms with Gasteiger partial charge in [-0.15, -0.1) is 0 Å². The maximum Gasteiger partial charge on any atom is 0.307 e. The number of piperidine rings is 1. The highest BCUT2D eigenvalue weighted by atomic mass is 16.4. The highest BCUT2D eigenvalue weighted by molar-refractivity contribution is 5.70. The number of hydrogen-bond acceptors (Lipinski definition) is 2. The molecule has 0 aromatic rings. The fourth-order valence-electron chi connectivity index (χ4n) is 1.21. The Morgan fingerprint density at radius 1 is 1.70 bits per heavy atom. The van der Waals surface area contributed by atoms with Crippen LogP contribution in [0, 0.1) is 13.0 Å². The SMILES string of the molecule is [CH]N1CCCC(C(=O)O)C1. The maximum absolute atomic E-state index is 10.4. The third-order valence-electron chi connectivity index (χ3n) is 1.80. The molecule has 0 bridgehead atoms. The van der Waals surface area contributed by atoms with Gasteiger partial charge in [-0.2, -0.15) is 0 Å². The zero-order valence-corrected chi connectivity index (χ0v) is 5.79. The van der Waals surface area contributed by atoms with E-state index in [1.165, 1.54) is 0 Å². The van der Waals surface area contributed by atoms with E-state index in [4.69, 9.17) is 12.2 Å². The molecular weight excluding hydrogens is 130 g/mol. The fourth-order valence-corrected chi connectivity index (χ4v) is 1.21. The predicted octanol–water partition coefficient (Wildman–Crippen LogP) is 0.452. The first-order valence-corrected chi connectivity index (χ1v) is 3.42. The molecule has 1 rings (SSSR count). The Bertz CT molecular complexity index is 136. The van der Waals surface area contributed by atoms with Gasteiger partial charge in [0.25, 0.3) is 0 Å². The van der Waals surface area contributed by atoms with Gasteiger partial charge in [0, 0.05) is 13.6 Å². The number of nitrogens with zero attached hydrogens (tertiary/aromatic N) is 1. The summed E-state index contributed by atoms with van der Waals surface area (Å²) in [4.78, 5) is 12.0. The summed E-state index contributed by atoms with van der Waals surface area (Å²) < 4.78 is 0. The van der Waals surface area contributed by atoms with E-state index in [1.54, 1.807) is 4.90 Å². The first-order valence-electron chi connectivity index (χ1n) is 3.42. The molecule has 1 fully saturated rings. The molecular formula is C7H11NO2. The summed E-state index contributed by atoms with van der Waals surface area (Å²) in [6.07, 6.45) is 1.66. The van der Waals surface area contributed by atoms with Gasteiger partial charge in [0.15, 0.2) is 0 Å². The van der Waals surface area contributed by atoms with Crippen LogP contribution in [0.3, 0.4) is 0 Å². The average Bonchev–Trinajstić information content (AvgIpc) is 1.88. The van der Waals surface area contributed by atoms with Crippen molar-refractivity contribution in [1.82, 2.24) is 4.90 Å². The molecule has 0 aromatic carbocycles. The highest BCUT2D eigenvalue weighted by Gasteiger charge is 2.22. The van der Waals surface area contributed by atoms with Crippen LogP contribution in [-0.4, -0.2) is 29.1 Å². The Balaban J connectivity index is 2.39. The lowest BCUT2D eigenvalue weighted by molar-refractivity contribution is -0.143. The second kappa shape index (κ2) is 3.01. The molecule has 1 N–H and O–H groups in total. The summed E-state index contributed by atoms with van der Waals surface area (Å²) in [7, 11) is 5.43. The summed E-state index contributed by atoms with van der Waals surface area (Å²) in [5, 5.41) is 8.57. The summed E-state index contributed by atoms with van der Waals surface area (Å²) >= 11 is 0. The first kappa shape index (κ1) is 7.54. The normalized spacial score (nSPS) is 28.3. The molecule has 0 aromatic heterocycles. The lowest BCUT2D eigenvalue weighted by atomic mass is 9.99. The fraction of sp³-hybridized carbons (Fsp3) is 0.714. The van der Waals surface area contributed by atoms with Crippen LogP contribution in [-0.2, 0) is 4.79 Å². The number of carboxylic acid groups (broad SMARTS) is 1. The number of rotatable bonds is 1. The lowest BCUT2D eigenvalue weighted by Gasteiger charge is -2.26. The molecule has 3 heteroatoms. The Morgan fingerprint density at radius 3 is 2.80 bits per heavy atom. The third-order valence-corrected chi connectivity index (χ3v) is 1.80. The van der Waals surface area contributed by atoms with Gasteiger partial charge in [0.1, 0.15) is 0 Å². The molecule has 1 unspecified atom stereocenters. The van der Waals surface area contributed by atoms with Crippen LogP contribution >= 0.6 is 0 Å². The van der Waals surface area contributed by atoms with Crippen molar-refractivity contribution in [3.8, 4) is 0 Å². The molecule has 1 aliphatic heterocycles. The lowest BCUT2D eigenvalue weighted by Crippen LogP contribution is -2.34. The standard InChI is InChI=1S/C7H11NO2/c1-8-4-2-3-6(5-8)7(9)10/h1,6H,2-5H2,(H,9,10). The number of carboxylic acids is 1. The summed E-state index contributed by atoms with van der Waals surface area (Å²) in [5.41, 5.74) is 0. The van der Waals surface area contributed by atoms with Crippen LogP contribution < -0.4 is 0 Å². The van der Waals surface area contributed by atoms with Crippen molar-refractivity contribution in [1.29, 1.82) is 0 Å². The van der Waals surface area contributed by atoms with Crippen LogP contribution in [0.5, 0.6) is 0 Å². The Labute approximate surface area is 60.6 Å². The molecule has 56 valence electrons. The number of carbonyl (C=O) groups is 1. The summed E-state index contributed by atoms with van der Waals surface area (Å²) in [6, 6.07) is 0. The van der Waals surface area contributed by atoms with Gasteiger partial charge < -0.3 is 5.11 Å². The van der Waals surface area contributed by atoms with Crippen LogP contribution in [0.15, 0.2) is 0 Å². The van der Waals surface area contributed by atoms with Crippen LogP contribution in [0.25, 0.3) is 0 Å². The largest absolute Gasteiger partial charge is 0.481 e. The van der Waals surface area contributed by atoms with Crippen LogP contribution in [0.1, 0.15) is 12.8 Å². The van der Waals surface area contributed by atoms with E-state index in [-0.39, 0.29) is 5.92 Å². The van der Waals surface area contributed by atoms with Gasteiger partial charge in [-0.1, -0.05) is 0 Å². The number of likely N-dealkylation sites (tertiary alicyclic amines) is 1. The van der Waals surface area contributed by atoms with Crippen molar-refractivity contribution >= 4 is 5.97 Å². The molecule has 2 radical (unpaired) electrons. The Kier molecular flexibility index (Phi) is 2.27.